The molecule has 4 atom stereocenters. The minimum Gasteiger partial charge on any atom is -0.443 e. The predicted octanol–water partition coefficient (Wildman–Crippen LogP) is 4.50. The molecule has 148 valence electrons. The third kappa shape index (κ3) is 2.16. The van der Waals surface area contributed by atoms with Crippen molar-refractivity contribution in [3.8, 4) is 18.2 Å². The van der Waals surface area contributed by atoms with Gasteiger partial charge in [-0.3, -0.25) is 5.41 Å². The van der Waals surface area contributed by atoms with Crippen LogP contribution in [0.1, 0.15) is 36.1 Å². The number of aryl methyl sites for hydroxylation is 1. The molecule has 2 aliphatic rings. The van der Waals surface area contributed by atoms with Crippen LogP contribution in [0.15, 0.2) is 54.6 Å². The maximum Gasteiger partial charge on any atom is 0.244 e. The van der Waals surface area contributed by atoms with Gasteiger partial charge in [0.15, 0.2) is 5.41 Å². The van der Waals surface area contributed by atoms with Gasteiger partial charge >= 0.3 is 0 Å². The van der Waals surface area contributed by atoms with Gasteiger partial charge in [-0.1, -0.05) is 67.1 Å². The van der Waals surface area contributed by atoms with Crippen LogP contribution in [0, 0.1) is 63.1 Å². The number of nitrogens with zero attached hydrogens (tertiary/aromatic N) is 3. The van der Waals surface area contributed by atoms with E-state index in [-0.39, 0.29) is 0 Å². The molecule has 4 rings (SSSR count). The van der Waals surface area contributed by atoms with Crippen molar-refractivity contribution < 1.29 is 9.47 Å². The Morgan fingerprint density at radius 3 is 2.13 bits per heavy atom. The van der Waals surface area contributed by atoms with Gasteiger partial charge in [-0.25, -0.2) is 0 Å². The van der Waals surface area contributed by atoms with E-state index in [2.05, 4.69) is 18.2 Å². The lowest BCUT2D eigenvalue weighted by atomic mass is 9.52. The zero-order valence-corrected chi connectivity index (χ0v) is 16.7. The fourth-order valence-electron chi connectivity index (χ4n) is 4.95. The first kappa shape index (κ1) is 19.6. The SMILES string of the molecule is CCC1C2(c3ccccc3)OC(=N)C1(C#N)C(C#N)(C#N)C(c1ccc(C)cc1)O2. The van der Waals surface area contributed by atoms with E-state index in [0.717, 1.165) is 5.56 Å². The second-order valence-electron chi connectivity index (χ2n) is 7.79. The van der Waals surface area contributed by atoms with Gasteiger partial charge in [-0.15, -0.1) is 0 Å². The van der Waals surface area contributed by atoms with Crippen LogP contribution >= 0.6 is 0 Å². The van der Waals surface area contributed by atoms with Crippen molar-refractivity contribution >= 4 is 5.90 Å². The van der Waals surface area contributed by atoms with Crippen LogP contribution in [0.5, 0.6) is 0 Å². The fraction of sp³-hybridized carbons (Fsp3) is 0.333. The first-order chi connectivity index (χ1) is 14.5. The Balaban J connectivity index is 2.06. The summed E-state index contributed by atoms with van der Waals surface area (Å²) in [6, 6.07) is 22.8. The lowest BCUT2D eigenvalue weighted by molar-refractivity contribution is -0.292. The zero-order valence-electron chi connectivity index (χ0n) is 16.7. The van der Waals surface area contributed by atoms with Crippen LogP contribution < -0.4 is 0 Å². The summed E-state index contributed by atoms with van der Waals surface area (Å²) in [6.45, 7) is 3.79. The standard InChI is InChI=1S/C24H20N4O2/c1-3-19-23(15-27)21(28)30-24(19,18-7-5-4-6-8-18)29-20(22(23,13-25)14-26)17-11-9-16(2)10-12-17/h4-12,19-20,28H,3H2,1-2H3. The minimum atomic E-state index is -1.94. The fourth-order valence-corrected chi connectivity index (χ4v) is 4.95. The maximum absolute atomic E-state index is 10.4. The van der Waals surface area contributed by atoms with Crippen molar-refractivity contribution in [3.05, 3.63) is 71.3 Å². The van der Waals surface area contributed by atoms with Crippen LogP contribution in [0.3, 0.4) is 0 Å². The molecule has 0 amide bonds. The second kappa shape index (κ2) is 6.70. The summed E-state index contributed by atoms with van der Waals surface area (Å²) in [5, 5.41) is 39.6. The Morgan fingerprint density at radius 2 is 1.60 bits per heavy atom. The Kier molecular flexibility index (Phi) is 4.39. The number of nitrogens with one attached hydrogen (secondary N) is 1. The molecule has 1 N–H and O–H groups in total. The molecule has 2 aliphatic heterocycles. The van der Waals surface area contributed by atoms with Crippen molar-refractivity contribution in [3.63, 3.8) is 0 Å². The Morgan fingerprint density at radius 1 is 0.967 bits per heavy atom. The third-order valence-corrected chi connectivity index (χ3v) is 6.40. The molecule has 0 radical (unpaired) electrons. The molecule has 2 saturated heterocycles. The highest BCUT2D eigenvalue weighted by Gasteiger charge is 2.80. The van der Waals surface area contributed by atoms with E-state index >= 15 is 0 Å². The molecule has 2 bridgehead atoms. The molecule has 2 fully saturated rings. The van der Waals surface area contributed by atoms with Gasteiger partial charge < -0.3 is 9.47 Å². The van der Waals surface area contributed by atoms with Crippen LogP contribution in [0.2, 0.25) is 0 Å². The molecular weight excluding hydrogens is 376 g/mol. The normalized spacial score (nSPS) is 31.1. The summed E-state index contributed by atoms with van der Waals surface area (Å²) in [4.78, 5) is 0. The summed E-state index contributed by atoms with van der Waals surface area (Å²) in [6.07, 6.45) is -0.685. The van der Waals surface area contributed by atoms with Crippen molar-refractivity contribution in [2.24, 2.45) is 16.7 Å². The number of nitriles is 3. The molecule has 0 aliphatic carbocycles. The van der Waals surface area contributed by atoms with Gasteiger partial charge in [0.2, 0.25) is 17.1 Å². The molecular formula is C24H20N4O2. The van der Waals surface area contributed by atoms with E-state index < -0.39 is 34.5 Å². The Bertz CT molecular complexity index is 1110. The van der Waals surface area contributed by atoms with E-state index in [1.165, 1.54) is 0 Å². The van der Waals surface area contributed by atoms with Crippen LogP contribution in [0.4, 0.5) is 0 Å². The lowest BCUT2D eigenvalue weighted by Gasteiger charge is -2.49. The van der Waals surface area contributed by atoms with Crippen molar-refractivity contribution in [2.45, 2.75) is 32.2 Å². The summed E-state index contributed by atoms with van der Waals surface area (Å²) >= 11 is 0. The number of benzene rings is 2. The number of hydrogen-bond donors (Lipinski definition) is 1. The smallest absolute Gasteiger partial charge is 0.244 e. The number of ether oxygens (including phenoxy) is 2. The molecule has 2 aromatic rings. The van der Waals surface area contributed by atoms with Crippen LogP contribution in [-0.2, 0) is 15.3 Å². The molecule has 4 unspecified atom stereocenters. The van der Waals surface area contributed by atoms with Crippen LogP contribution in [-0.4, -0.2) is 5.90 Å². The number of rotatable bonds is 3. The average molecular weight is 396 g/mol. The van der Waals surface area contributed by atoms with Gasteiger partial charge in [0.05, 0.1) is 24.1 Å². The topological polar surface area (TPSA) is 114 Å². The average Bonchev–Trinajstić information content (AvgIpc) is 2.99. The molecule has 30 heavy (non-hydrogen) atoms. The Hall–Kier alpha value is -3.66. The van der Waals surface area contributed by atoms with Crippen LogP contribution in [0.25, 0.3) is 0 Å². The summed E-state index contributed by atoms with van der Waals surface area (Å²) in [5.41, 5.74) is -1.45. The molecule has 2 aromatic carbocycles. The van der Waals surface area contributed by atoms with E-state index in [9.17, 15) is 15.8 Å². The Labute approximate surface area is 175 Å². The quantitative estimate of drug-likeness (QED) is 0.820. The number of hydrogen-bond acceptors (Lipinski definition) is 6. The molecule has 0 saturated carbocycles. The highest BCUT2D eigenvalue weighted by Crippen LogP contribution is 2.69. The molecule has 0 spiro atoms. The molecule has 6 nitrogen and oxygen atoms in total. The molecule has 0 aromatic heterocycles. The van der Waals surface area contributed by atoms with Gasteiger partial charge in [-0.2, -0.15) is 15.8 Å². The highest BCUT2D eigenvalue weighted by molar-refractivity contribution is 5.89. The molecule has 2 heterocycles. The van der Waals surface area contributed by atoms with E-state index in [0.29, 0.717) is 17.5 Å². The summed E-state index contributed by atoms with van der Waals surface area (Å²) < 4.78 is 12.5. The van der Waals surface area contributed by atoms with Gasteiger partial charge in [0.25, 0.3) is 0 Å². The number of fused-ring (bicyclic) bond motifs is 2. The second-order valence-corrected chi connectivity index (χ2v) is 7.79. The maximum atomic E-state index is 10.4. The highest BCUT2D eigenvalue weighted by atomic mass is 16.7. The predicted molar refractivity (Wildman–Crippen MR) is 107 cm³/mol. The van der Waals surface area contributed by atoms with Gasteiger partial charge in [0.1, 0.15) is 6.10 Å². The lowest BCUT2D eigenvalue weighted by Crippen LogP contribution is -2.58. The van der Waals surface area contributed by atoms with Crippen molar-refractivity contribution in [2.75, 3.05) is 0 Å². The molecule has 6 heteroatoms. The van der Waals surface area contributed by atoms with E-state index in [4.69, 9.17) is 14.9 Å². The van der Waals surface area contributed by atoms with Crippen molar-refractivity contribution in [1.29, 1.82) is 21.2 Å². The first-order valence-corrected chi connectivity index (χ1v) is 9.77. The van der Waals surface area contributed by atoms with E-state index in [1.54, 1.807) is 12.1 Å². The minimum absolute atomic E-state index is 0.385. The monoisotopic (exact) mass is 396 g/mol. The first-order valence-electron chi connectivity index (χ1n) is 9.77. The summed E-state index contributed by atoms with van der Waals surface area (Å²) in [5.74, 6) is -2.53. The van der Waals surface area contributed by atoms with Gasteiger partial charge in [0, 0.05) is 5.56 Å². The van der Waals surface area contributed by atoms with Gasteiger partial charge in [-0.05, 0) is 18.9 Å². The van der Waals surface area contributed by atoms with Crippen molar-refractivity contribution in [1.82, 2.24) is 0 Å². The zero-order chi connectivity index (χ0) is 21.6. The van der Waals surface area contributed by atoms with E-state index in [1.807, 2.05) is 56.3 Å². The summed E-state index contributed by atoms with van der Waals surface area (Å²) in [7, 11) is 0. The largest absolute Gasteiger partial charge is 0.443 e. The third-order valence-electron chi connectivity index (χ3n) is 6.40.